The Kier molecular flexibility index (Phi) is 4.52. The summed E-state index contributed by atoms with van der Waals surface area (Å²) < 4.78 is 5.35. The fraction of sp³-hybridized carbons (Fsp3) is 0.389. The van der Waals surface area contributed by atoms with E-state index in [0.717, 1.165) is 31.2 Å². The van der Waals surface area contributed by atoms with E-state index in [1.807, 2.05) is 0 Å². The van der Waals surface area contributed by atoms with Crippen LogP contribution in [-0.2, 0) is 12.8 Å². The zero-order valence-corrected chi connectivity index (χ0v) is 13.2. The molecule has 1 aromatic carbocycles. The highest BCUT2D eigenvalue weighted by molar-refractivity contribution is 5.59. The maximum Gasteiger partial charge on any atom is 0.510 e. The van der Waals surface area contributed by atoms with E-state index in [1.165, 1.54) is 0 Å². The number of phenols is 1. The lowest BCUT2D eigenvalue weighted by molar-refractivity contribution is 0.407. The number of rotatable bonds is 4. The molecule has 0 atom stereocenters. The molecule has 2 aromatic rings. The summed E-state index contributed by atoms with van der Waals surface area (Å²) in [5, 5.41) is 28.7. The maximum atomic E-state index is 11.9. The van der Waals surface area contributed by atoms with Crippen LogP contribution in [0.4, 0.5) is 5.69 Å². The van der Waals surface area contributed by atoms with Gasteiger partial charge in [-0.2, -0.15) is 0 Å². The fourth-order valence-corrected chi connectivity index (χ4v) is 3.40. The molecule has 0 bridgehead atoms. The zero-order valence-electron chi connectivity index (χ0n) is 13.2. The van der Waals surface area contributed by atoms with Crippen LogP contribution in [0.5, 0.6) is 11.5 Å². The molecule has 2 N–H and O–H groups in total. The Morgan fingerprint density at radius 1 is 1.12 bits per heavy atom. The van der Waals surface area contributed by atoms with Gasteiger partial charge in [0, 0.05) is 12.0 Å². The number of aromatic hydroxyl groups is 2. The van der Waals surface area contributed by atoms with Crippen molar-refractivity contribution in [2.24, 2.45) is 0 Å². The molecule has 1 heterocycles. The first-order valence-corrected chi connectivity index (χ1v) is 8.12. The van der Waals surface area contributed by atoms with Crippen molar-refractivity contribution in [3.8, 4) is 11.5 Å². The average Bonchev–Trinajstić information content (AvgIpc) is 3.08. The number of benzene rings is 1. The van der Waals surface area contributed by atoms with Gasteiger partial charge in [-0.15, -0.1) is 0 Å². The van der Waals surface area contributed by atoms with Crippen LogP contribution in [0.25, 0.3) is 4.98 Å². The Hall–Kier alpha value is -2.81. The molecule has 0 spiro atoms. The Labute approximate surface area is 139 Å². The van der Waals surface area contributed by atoms with Gasteiger partial charge in [0.15, 0.2) is 4.98 Å². The van der Waals surface area contributed by atoms with Gasteiger partial charge in [0.2, 0.25) is 11.1 Å². The van der Waals surface area contributed by atoms with Crippen LogP contribution in [0.1, 0.15) is 48.5 Å². The standard InChI is InChI=1S/C18H18N2O4/c19-20-16-17(22)15(12-3-1-2-4-12)14(24-18(16)23)10-7-11-5-8-13(21)9-6-11/h5-6,8-9,12H,1-4,7,10H2,(H-,21,22,23)/p+1. The van der Waals surface area contributed by atoms with E-state index in [4.69, 9.17) is 9.81 Å². The van der Waals surface area contributed by atoms with Crippen LogP contribution in [0.3, 0.4) is 0 Å². The Balaban J connectivity index is 1.95. The number of nitrogens with zero attached hydrogens (tertiary/aromatic N) is 2. The van der Waals surface area contributed by atoms with Crippen molar-refractivity contribution in [3.05, 3.63) is 56.5 Å². The van der Waals surface area contributed by atoms with E-state index in [2.05, 4.69) is 4.98 Å². The SMILES string of the molecule is N#[N+]c1c(O)c(C2CCCC2)c(CCc2ccc(O)cc2)oc1=O. The van der Waals surface area contributed by atoms with E-state index in [1.54, 1.807) is 24.3 Å². The lowest BCUT2D eigenvalue weighted by Crippen LogP contribution is -2.09. The summed E-state index contributed by atoms with van der Waals surface area (Å²) in [7, 11) is 0. The number of hydrogen-bond acceptors (Lipinski definition) is 5. The number of diazo groups is 1. The predicted octanol–water partition coefficient (Wildman–Crippen LogP) is 3.98. The molecule has 1 aliphatic carbocycles. The summed E-state index contributed by atoms with van der Waals surface area (Å²) in [6.07, 6.45) is 5.01. The number of hydrogen-bond donors (Lipinski definition) is 2. The van der Waals surface area contributed by atoms with E-state index in [0.29, 0.717) is 24.2 Å². The molecule has 1 aliphatic rings. The van der Waals surface area contributed by atoms with Gasteiger partial charge >= 0.3 is 11.3 Å². The first-order valence-electron chi connectivity index (χ1n) is 8.12. The summed E-state index contributed by atoms with van der Waals surface area (Å²) in [4.78, 5) is 14.8. The van der Waals surface area contributed by atoms with Gasteiger partial charge in [-0.1, -0.05) is 25.0 Å². The van der Waals surface area contributed by atoms with Crippen LogP contribution in [0.15, 0.2) is 33.5 Å². The molecule has 0 radical (unpaired) electrons. The van der Waals surface area contributed by atoms with Gasteiger partial charge in [0.1, 0.15) is 11.5 Å². The van der Waals surface area contributed by atoms with Crippen LogP contribution >= 0.6 is 0 Å². The molecule has 0 aliphatic heterocycles. The van der Waals surface area contributed by atoms with Gasteiger partial charge in [-0.05, 0) is 42.9 Å². The molecule has 124 valence electrons. The van der Waals surface area contributed by atoms with E-state index in [-0.39, 0.29) is 17.4 Å². The third kappa shape index (κ3) is 3.11. The van der Waals surface area contributed by atoms with Crippen molar-refractivity contribution in [1.29, 1.82) is 5.39 Å². The monoisotopic (exact) mass is 327 g/mol. The molecule has 0 saturated heterocycles. The summed E-state index contributed by atoms with van der Waals surface area (Å²) in [5.41, 5.74) is 0.324. The molecular formula is C18H19N2O4+. The minimum Gasteiger partial charge on any atom is -0.508 e. The fourth-order valence-electron chi connectivity index (χ4n) is 3.40. The molecule has 1 fully saturated rings. The molecule has 1 saturated carbocycles. The van der Waals surface area contributed by atoms with Crippen LogP contribution < -0.4 is 5.63 Å². The predicted molar refractivity (Wildman–Crippen MR) is 88.1 cm³/mol. The van der Waals surface area contributed by atoms with Gasteiger partial charge in [0.05, 0.1) is 0 Å². The lowest BCUT2D eigenvalue weighted by atomic mass is 9.93. The highest BCUT2D eigenvalue weighted by Gasteiger charge is 2.33. The Bertz CT molecular complexity index is 828. The summed E-state index contributed by atoms with van der Waals surface area (Å²) in [6.45, 7) is 0. The molecule has 6 heteroatoms. The average molecular weight is 327 g/mol. The second-order valence-corrected chi connectivity index (χ2v) is 6.17. The van der Waals surface area contributed by atoms with Crippen molar-refractivity contribution in [3.63, 3.8) is 0 Å². The van der Waals surface area contributed by atoms with Crippen molar-refractivity contribution in [1.82, 2.24) is 0 Å². The van der Waals surface area contributed by atoms with E-state index >= 15 is 0 Å². The normalized spacial score (nSPS) is 14.6. The minimum absolute atomic E-state index is 0.115. The van der Waals surface area contributed by atoms with Gasteiger partial charge in [-0.3, -0.25) is 0 Å². The van der Waals surface area contributed by atoms with Gasteiger partial charge < -0.3 is 14.6 Å². The first kappa shape index (κ1) is 16.1. The molecular weight excluding hydrogens is 308 g/mol. The number of phenolic OH excluding ortho intramolecular Hbond substituents is 1. The van der Waals surface area contributed by atoms with Crippen molar-refractivity contribution in [2.75, 3.05) is 0 Å². The van der Waals surface area contributed by atoms with Gasteiger partial charge in [-0.25, -0.2) is 4.79 Å². The molecule has 1 aromatic heterocycles. The summed E-state index contributed by atoms with van der Waals surface area (Å²) >= 11 is 0. The Morgan fingerprint density at radius 3 is 2.42 bits per heavy atom. The zero-order chi connectivity index (χ0) is 17.1. The lowest BCUT2D eigenvalue weighted by Gasteiger charge is -2.14. The molecule has 0 unspecified atom stereocenters. The summed E-state index contributed by atoms with van der Waals surface area (Å²) in [6, 6.07) is 6.82. The van der Waals surface area contributed by atoms with Crippen molar-refractivity contribution in [2.45, 2.75) is 44.4 Å². The third-order valence-electron chi connectivity index (χ3n) is 4.63. The second kappa shape index (κ2) is 6.75. The molecule has 3 rings (SSSR count). The van der Waals surface area contributed by atoms with Crippen LogP contribution in [0, 0.1) is 5.39 Å². The third-order valence-corrected chi connectivity index (χ3v) is 4.63. The molecule has 6 nitrogen and oxygen atoms in total. The molecule has 24 heavy (non-hydrogen) atoms. The van der Waals surface area contributed by atoms with Crippen LogP contribution in [-0.4, -0.2) is 10.2 Å². The van der Waals surface area contributed by atoms with E-state index < -0.39 is 11.3 Å². The quantitative estimate of drug-likeness (QED) is 0.828. The smallest absolute Gasteiger partial charge is 0.508 e. The minimum atomic E-state index is -0.836. The largest absolute Gasteiger partial charge is 0.510 e. The van der Waals surface area contributed by atoms with Crippen molar-refractivity contribution >= 4 is 5.69 Å². The highest BCUT2D eigenvalue weighted by atomic mass is 16.4. The molecule has 0 amide bonds. The Morgan fingerprint density at radius 2 is 1.79 bits per heavy atom. The highest BCUT2D eigenvalue weighted by Crippen LogP contribution is 2.43. The topological polar surface area (TPSA) is 98.8 Å². The second-order valence-electron chi connectivity index (χ2n) is 6.17. The van der Waals surface area contributed by atoms with Gasteiger partial charge in [0.25, 0.3) is 0 Å². The van der Waals surface area contributed by atoms with E-state index in [9.17, 15) is 15.0 Å². The summed E-state index contributed by atoms with van der Waals surface area (Å²) in [5.74, 6) is 0.499. The number of aryl methyl sites for hydroxylation is 2. The van der Waals surface area contributed by atoms with Crippen molar-refractivity contribution < 1.29 is 14.6 Å². The maximum absolute atomic E-state index is 11.9. The first-order chi connectivity index (χ1) is 11.6. The van der Waals surface area contributed by atoms with Crippen LogP contribution in [0.2, 0.25) is 0 Å².